The van der Waals surface area contributed by atoms with E-state index >= 15 is 0 Å². The normalized spacial score (nSPS) is 38.2. The molecule has 1 saturated carbocycles. The molecular formula is C22H29N. The Balaban J connectivity index is 1.91. The molecule has 0 radical (unpaired) electrons. The largest absolute Gasteiger partial charge is 0.309 e. The van der Waals surface area contributed by atoms with Gasteiger partial charge in [-0.2, -0.15) is 0 Å². The highest BCUT2D eigenvalue weighted by molar-refractivity contribution is 5.50. The van der Waals surface area contributed by atoms with Gasteiger partial charge >= 0.3 is 0 Å². The third-order valence-electron chi connectivity index (χ3n) is 7.57. The van der Waals surface area contributed by atoms with E-state index in [0.717, 1.165) is 6.54 Å². The molecule has 1 heteroatoms. The van der Waals surface area contributed by atoms with Gasteiger partial charge in [0.15, 0.2) is 0 Å². The molecule has 3 aliphatic carbocycles. The van der Waals surface area contributed by atoms with Crippen molar-refractivity contribution in [3.8, 4) is 0 Å². The van der Waals surface area contributed by atoms with Crippen LogP contribution in [0.3, 0.4) is 0 Å². The van der Waals surface area contributed by atoms with Gasteiger partial charge in [-0.3, -0.25) is 0 Å². The minimum atomic E-state index is 0.263. The van der Waals surface area contributed by atoms with Crippen LogP contribution in [0.15, 0.2) is 48.1 Å². The summed E-state index contributed by atoms with van der Waals surface area (Å²) in [6.07, 6.45) is 7.15. The summed E-state index contributed by atoms with van der Waals surface area (Å²) < 4.78 is 0. The second kappa shape index (κ2) is 5.08. The third kappa shape index (κ3) is 1.72. The maximum absolute atomic E-state index is 3.93. The van der Waals surface area contributed by atoms with Crippen molar-refractivity contribution in [3.63, 3.8) is 0 Å². The van der Waals surface area contributed by atoms with Crippen LogP contribution >= 0.6 is 0 Å². The molecule has 4 rings (SSSR count). The Morgan fingerprint density at radius 2 is 2.04 bits per heavy atom. The Hall–Kier alpha value is -1.34. The lowest BCUT2D eigenvalue weighted by molar-refractivity contribution is 0.0405. The molecule has 4 atom stereocenters. The van der Waals surface area contributed by atoms with Crippen molar-refractivity contribution in [2.75, 3.05) is 6.54 Å². The SMILES string of the molecule is C=CCN[C@@H]1[C@@H]2CC[C@@]3(C)c4ccccc4CC[C@]13C(C)=C2C. The molecule has 0 aliphatic heterocycles. The number of nitrogens with one attached hydrogen (secondary N) is 1. The van der Waals surface area contributed by atoms with E-state index in [0.29, 0.717) is 12.0 Å². The highest BCUT2D eigenvalue weighted by atomic mass is 15.0. The number of fused-ring (bicyclic) bond motifs is 3. The number of hydrogen-bond acceptors (Lipinski definition) is 1. The van der Waals surface area contributed by atoms with Gasteiger partial charge in [0.25, 0.3) is 0 Å². The molecule has 1 spiro atoms. The Labute approximate surface area is 140 Å². The molecule has 0 heterocycles. The molecular weight excluding hydrogens is 278 g/mol. The first kappa shape index (κ1) is 15.2. The van der Waals surface area contributed by atoms with E-state index < -0.39 is 0 Å². The minimum absolute atomic E-state index is 0.263. The van der Waals surface area contributed by atoms with Crippen molar-refractivity contribution in [1.29, 1.82) is 0 Å². The highest BCUT2D eigenvalue weighted by Gasteiger charge is 2.64. The van der Waals surface area contributed by atoms with Crippen LogP contribution in [0.2, 0.25) is 0 Å². The van der Waals surface area contributed by atoms with Gasteiger partial charge in [-0.1, -0.05) is 48.4 Å². The third-order valence-corrected chi connectivity index (χ3v) is 7.57. The Kier molecular flexibility index (Phi) is 3.36. The van der Waals surface area contributed by atoms with Gasteiger partial charge < -0.3 is 5.32 Å². The minimum Gasteiger partial charge on any atom is -0.309 e. The van der Waals surface area contributed by atoms with Crippen LogP contribution in [0.1, 0.15) is 51.2 Å². The zero-order chi connectivity index (χ0) is 16.2. The fourth-order valence-corrected chi connectivity index (χ4v) is 6.39. The molecule has 1 aromatic carbocycles. The number of rotatable bonds is 3. The van der Waals surface area contributed by atoms with Crippen LogP contribution in [0.5, 0.6) is 0 Å². The van der Waals surface area contributed by atoms with Crippen LogP contribution in [0, 0.1) is 11.3 Å². The average molecular weight is 307 g/mol. The predicted octanol–water partition coefficient (Wildman–Crippen LogP) is 4.78. The van der Waals surface area contributed by atoms with Crippen molar-refractivity contribution in [2.45, 2.75) is 57.9 Å². The first-order valence-electron chi connectivity index (χ1n) is 9.17. The molecule has 1 N–H and O–H groups in total. The van der Waals surface area contributed by atoms with Crippen LogP contribution in [0.4, 0.5) is 0 Å². The molecule has 1 fully saturated rings. The molecule has 1 aromatic rings. The molecule has 0 saturated heterocycles. The average Bonchev–Trinajstić information content (AvgIpc) is 2.72. The molecule has 2 bridgehead atoms. The summed E-state index contributed by atoms with van der Waals surface area (Å²) in [5.74, 6) is 0.716. The molecule has 0 unspecified atom stereocenters. The van der Waals surface area contributed by atoms with E-state index in [1.165, 1.54) is 25.7 Å². The van der Waals surface area contributed by atoms with E-state index in [2.05, 4.69) is 56.9 Å². The first-order chi connectivity index (χ1) is 11.1. The van der Waals surface area contributed by atoms with Gasteiger partial charge in [0.1, 0.15) is 0 Å². The molecule has 0 aromatic heterocycles. The highest BCUT2D eigenvalue weighted by Crippen LogP contribution is 2.67. The van der Waals surface area contributed by atoms with Crippen LogP contribution in [-0.4, -0.2) is 12.6 Å². The number of aryl methyl sites for hydroxylation is 1. The van der Waals surface area contributed by atoms with E-state index in [4.69, 9.17) is 0 Å². The first-order valence-corrected chi connectivity index (χ1v) is 9.17. The van der Waals surface area contributed by atoms with Crippen molar-refractivity contribution >= 4 is 0 Å². The fraction of sp³-hybridized carbons (Fsp3) is 0.545. The quantitative estimate of drug-likeness (QED) is 0.792. The van der Waals surface area contributed by atoms with Crippen LogP contribution < -0.4 is 5.32 Å². The van der Waals surface area contributed by atoms with Gasteiger partial charge in [0.05, 0.1) is 0 Å². The maximum atomic E-state index is 3.93. The van der Waals surface area contributed by atoms with Crippen molar-refractivity contribution in [3.05, 3.63) is 59.2 Å². The molecule has 0 amide bonds. The second-order valence-corrected chi connectivity index (χ2v) is 8.09. The smallest absolute Gasteiger partial charge is 0.0238 e. The Morgan fingerprint density at radius 1 is 1.26 bits per heavy atom. The van der Waals surface area contributed by atoms with Crippen molar-refractivity contribution in [2.24, 2.45) is 11.3 Å². The predicted molar refractivity (Wildman–Crippen MR) is 97.6 cm³/mol. The van der Waals surface area contributed by atoms with Gasteiger partial charge in [0.2, 0.25) is 0 Å². The molecule has 122 valence electrons. The van der Waals surface area contributed by atoms with Gasteiger partial charge in [-0.25, -0.2) is 0 Å². The summed E-state index contributed by atoms with van der Waals surface area (Å²) in [5.41, 5.74) is 7.09. The van der Waals surface area contributed by atoms with E-state index in [1.54, 1.807) is 22.3 Å². The fourth-order valence-electron chi connectivity index (χ4n) is 6.39. The number of benzene rings is 1. The molecule has 1 nitrogen and oxygen atoms in total. The summed E-state index contributed by atoms with van der Waals surface area (Å²) in [5, 5.41) is 3.88. The Bertz CT molecular complexity index is 685. The molecule has 23 heavy (non-hydrogen) atoms. The van der Waals surface area contributed by atoms with Crippen molar-refractivity contribution < 1.29 is 0 Å². The lowest BCUT2D eigenvalue weighted by atomic mass is 9.46. The summed E-state index contributed by atoms with van der Waals surface area (Å²) >= 11 is 0. The maximum Gasteiger partial charge on any atom is 0.0238 e. The second-order valence-electron chi connectivity index (χ2n) is 8.09. The standard InChI is InChI=1S/C22H29N/c1-5-14-23-20-18-11-12-21(4)19-9-7-6-8-17(19)10-13-22(20,21)16(3)15(18)2/h5-9,18,20,23H,1,10-14H2,2-4H3/t18-,20-,21+,22+/m1/s1. The Morgan fingerprint density at radius 3 is 2.83 bits per heavy atom. The van der Waals surface area contributed by atoms with Crippen LogP contribution in [-0.2, 0) is 11.8 Å². The lowest BCUT2D eigenvalue weighted by Crippen LogP contribution is -2.61. The van der Waals surface area contributed by atoms with E-state index in [-0.39, 0.29) is 10.8 Å². The van der Waals surface area contributed by atoms with Crippen molar-refractivity contribution in [1.82, 2.24) is 5.32 Å². The summed E-state index contributed by atoms with van der Waals surface area (Å²) in [4.78, 5) is 0. The zero-order valence-electron chi connectivity index (χ0n) is 14.8. The molecule has 3 aliphatic rings. The van der Waals surface area contributed by atoms with Crippen LogP contribution in [0.25, 0.3) is 0 Å². The van der Waals surface area contributed by atoms with Gasteiger partial charge in [0, 0.05) is 23.4 Å². The monoisotopic (exact) mass is 307 g/mol. The van der Waals surface area contributed by atoms with Gasteiger partial charge in [-0.15, -0.1) is 6.58 Å². The van der Waals surface area contributed by atoms with E-state index in [9.17, 15) is 0 Å². The summed E-state index contributed by atoms with van der Waals surface area (Å²) in [7, 11) is 0. The topological polar surface area (TPSA) is 12.0 Å². The zero-order valence-corrected chi connectivity index (χ0v) is 14.8. The van der Waals surface area contributed by atoms with E-state index in [1.807, 2.05) is 6.08 Å². The van der Waals surface area contributed by atoms with Gasteiger partial charge in [-0.05, 0) is 56.6 Å². The number of hydrogen-bond donors (Lipinski definition) is 1. The summed E-state index contributed by atoms with van der Waals surface area (Å²) in [6.45, 7) is 12.2. The lowest BCUT2D eigenvalue weighted by Gasteiger charge is -2.59. The summed E-state index contributed by atoms with van der Waals surface area (Å²) in [6, 6.07) is 9.78.